The van der Waals surface area contributed by atoms with Gasteiger partial charge in [0.15, 0.2) is 0 Å². The van der Waals surface area contributed by atoms with Gasteiger partial charge in [-0.3, -0.25) is 5.32 Å². The zero-order valence-electron chi connectivity index (χ0n) is 13.1. The number of nitrogens with zero attached hydrogens (tertiary/aromatic N) is 4. The second-order valence-electron chi connectivity index (χ2n) is 5.27. The summed E-state index contributed by atoms with van der Waals surface area (Å²) < 4.78 is 7.25. The molecule has 0 saturated heterocycles. The van der Waals surface area contributed by atoms with Crippen molar-refractivity contribution in [1.82, 2.24) is 14.5 Å². The highest BCUT2D eigenvalue weighted by Gasteiger charge is 2.16. The van der Waals surface area contributed by atoms with E-state index in [4.69, 9.17) is 4.74 Å². The maximum absolute atomic E-state index is 12.1. The number of fused-ring (bicyclic) bond motifs is 1. The molecule has 0 saturated carbocycles. The molecular weight excluding hydrogens is 294 g/mol. The lowest BCUT2D eigenvalue weighted by Gasteiger charge is -2.13. The smallest absolute Gasteiger partial charge is 0.390 e. The lowest BCUT2D eigenvalue weighted by molar-refractivity contribution is 0.214. The van der Waals surface area contributed by atoms with Crippen LogP contribution in [0.25, 0.3) is 11.0 Å². The standard InChI is InChI=1S/C16H17N5O2/c1-20(2)15-18-13-12(9-10-21(13)3)14(19-15)23-16(22)17-11-7-5-4-6-8-11/h4-10H,1-3H3,(H,17,22). The van der Waals surface area contributed by atoms with Crippen LogP contribution in [0.15, 0.2) is 42.6 Å². The maximum Gasteiger partial charge on any atom is 0.418 e. The van der Waals surface area contributed by atoms with E-state index in [0.29, 0.717) is 22.7 Å². The maximum atomic E-state index is 12.1. The van der Waals surface area contributed by atoms with E-state index in [0.717, 1.165) is 0 Å². The number of ether oxygens (including phenoxy) is 1. The number of anilines is 2. The van der Waals surface area contributed by atoms with Crippen LogP contribution in [0, 0.1) is 0 Å². The molecule has 1 N–H and O–H groups in total. The summed E-state index contributed by atoms with van der Waals surface area (Å²) in [6.07, 6.45) is 1.26. The third-order valence-corrected chi connectivity index (χ3v) is 3.29. The van der Waals surface area contributed by atoms with Crippen molar-refractivity contribution in [3.8, 4) is 5.88 Å². The van der Waals surface area contributed by atoms with Gasteiger partial charge in [-0.05, 0) is 18.2 Å². The van der Waals surface area contributed by atoms with Crippen LogP contribution in [-0.4, -0.2) is 34.7 Å². The van der Waals surface area contributed by atoms with E-state index in [2.05, 4.69) is 15.3 Å². The first-order valence-electron chi connectivity index (χ1n) is 7.09. The van der Waals surface area contributed by atoms with Crippen molar-refractivity contribution in [1.29, 1.82) is 0 Å². The molecule has 1 amide bonds. The van der Waals surface area contributed by atoms with Crippen LogP contribution in [0.5, 0.6) is 5.88 Å². The van der Waals surface area contributed by atoms with E-state index in [1.54, 1.807) is 17.0 Å². The molecule has 0 fully saturated rings. The minimum atomic E-state index is -0.593. The third-order valence-electron chi connectivity index (χ3n) is 3.29. The van der Waals surface area contributed by atoms with E-state index < -0.39 is 6.09 Å². The number of carbonyl (C=O) groups is 1. The number of benzene rings is 1. The van der Waals surface area contributed by atoms with E-state index in [-0.39, 0.29) is 5.88 Å². The molecule has 23 heavy (non-hydrogen) atoms. The molecule has 1 aromatic carbocycles. The fourth-order valence-electron chi connectivity index (χ4n) is 2.13. The van der Waals surface area contributed by atoms with Crippen molar-refractivity contribution in [2.45, 2.75) is 0 Å². The van der Waals surface area contributed by atoms with Gasteiger partial charge in [-0.2, -0.15) is 9.97 Å². The van der Waals surface area contributed by atoms with E-state index in [1.165, 1.54) is 0 Å². The van der Waals surface area contributed by atoms with Gasteiger partial charge in [0.1, 0.15) is 5.65 Å². The SMILES string of the molecule is CN(C)c1nc(OC(=O)Nc2ccccc2)c2ccn(C)c2n1. The fraction of sp³-hybridized carbons (Fsp3) is 0.188. The molecular formula is C16H17N5O2. The second kappa shape index (κ2) is 5.96. The molecule has 0 spiro atoms. The Bertz CT molecular complexity index is 842. The third kappa shape index (κ3) is 3.08. The van der Waals surface area contributed by atoms with Crippen LogP contribution >= 0.6 is 0 Å². The fourth-order valence-corrected chi connectivity index (χ4v) is 2.13. The van der Waals surface area contributed by atoms with Crippen molar-refractivity contribution in [2.24, 2.45) is 7.05 Å². The molecule has 0 atom stereocenters. The Morgan fingerprint density at radius 1 is 1.17 bits per heavy atom. The monoisotopic (exact) mass is 311 g/mol. The predicted octanol–water partition coefficient (Wildman–Crippen LogP) is 2.65. The second-order valence-corrected chi connectivity index (χ2v) is 5.27. The number of aromatic nitrogens is 3. The van der Waals surface area contributed by atoms with Gasteiger partial charge >= 0.3 is 6.09 Å². The molecule has 2 heterocycles. The number of nitrogens with one attached hydrogen (secondary N) is 1. The van der Waals surface area contributed by atoms with Gasteiger partial charge in [-0.1, -0.05) is 18.2 Å². The highest BCUT2D eigenvalue weighted by molar-refractivity contribution is 5.90. The number of para-hydroxylation sites is 1. The number of amides is 1. The Labute approximate surface area is 133 Å². The average molecular weight is 311 g/mol. The molecule has 0 aliphatic heterocycles. The van der Waals surface area contributed by atoms with Gasteiger partial charge in [0, 0.05) is 33.0 Å². The van der Waals surface area contributed by atoms with Crippen molar-refractivity contribution >= 4 is 28.8 Å². The zero-order valence-corrected chi connectivity index (χ0v) is 13.1. The molecule has 3 rings (SSSR count). The summed E-state index contributed by atoms with van der Waals surface area (Å²) in [5.74, 6) is 0.703. The molecule has 0 bridgehead atoms. The summed E-state index contributed by atoms with van der Waals surface area (Å²) in [6.45, 7) is 0. The number of aryl methyl sites for hydroxylation is 1. The van der Waals surface area contributed by atoms with Crippen molar-refractivity contribution in [3.63, 3.8) is 0 Å². The molecule has 3 aromatic rings. The molecule has 0 aliphatic rings. The highest BCUT2D eigenvalue weighted by atomic mass is 16.6. The Hall–Kier alpha value is -3.09. The van der Waals surface area contributed by atoms with Crippen LogP contribution in [0.4, 0.5) is 16.4 Å². The van der Waals surface area contributed by atoms with Crippen LogP contribution in [0.3, 0.4) is 0 Å². The first-order valence-corrected chi connectivity index (χ1v) is 7.09. The summed E-state index contributed by atoms with van der Waals surface area (Å²) in [5, 5.41) is 3.35. The number of rotatable bonds is 3. The summed E-state index contributed by atoms with van der Waals surface area (Å²) in [6, 6.07) is 10.9. The molecule has 0 radical (unpaired) electrons. The first kappa shape index (κ1) is 14.8. The molecule has 118 valence electrons. The molecule has 7 nitrogen and oxygen atoms in total. The normalized spacial score (nSPS) is 10.6. The molecule has 0 unspecified atom stereocenters. The Balaban J connectivity index is 1.91. The van der Waals surface area contributed by atoms with Gasteiger partial charge < -0.3 is 14.2 Å². The minimum absolute atomic E-state index is 0.229. The summed E-state index contributed by atoms with van der Waals surface area (Å²) in [5.41, 5.74) is 1.36. The zero-order chi connectivity index (χ0) is 16.4. The van der Waals surface area contributed by atoms with Gasteiger partial charge in [0.05, 0.1) is 5.39 Å². The Morgan fingerprint density at radius 3 is 2.61 bits per heavy atom. The largest absolute Gasteiger partial charge is 0.418 e. The molecule has 2 aromatic heterocycles. The quantitative estimate of drug-likeness (QED) is 0.805. The van der Waals surface area contributed by atoms with Crippen molar-refractivity contribution in [3.05, 3.63) is 42.6 Å². The van der Waals surface area contributed by atoms with Gasteiger partial charge in [0.25, 0.3) is 0 Å². The summed E-state index contributed by atoms with van der Waals surface area (Å²) >= 11 is 0. The van der Waals surface area contributed by atoms with Crippen molar-refractivity contribution < 1.29 is 9.53 Å². The van der Waals surface area contributed by atoms with Gasteiger partial charge in [0.2, 0.25) is 11.8 Å². The van der Waals surface area contributed by atoms with Crippen molar-refractivity contribution in [2.75, 3.05) is 24.3 Å². The van der Waals surface area contributed by atoms with E-state index >= 15 is 0 Å². The lowest BCUT2D eigenvalue weighted by Crippen LogP contribution is -2.19. The molecule has 0 aliphatic carbocycles. The number of hydrogen-bond acceptors (Lipinski definition) is 5. The topological polar surface area (TPSA) is 72.3 Å². The Morgan fingerprint density at radius 2 is 1.91 bits per heavy atom. The lowest BCUT2D eigenvalue weighted by atomic mass is 10.3. The first-order chi connectivity index (χ1) is 11.0. The number of carbonyl (C=O) groups excluding carboxylic acids is 1. The minimum Gasteiger partial charge on any atom is -0.390 e. The van der Waals surface area contributed by atoms with Crippen LogP contribution in [0.1, 0.15) is 0 Å². The summed E-state index contributed by atoms with van der Waals surface area (Å²) in [4.78, 5) is 22.6. The van der Waals surface area contributed by atoms with E-state index in [9.17, 15) is 4.79 Å². The average Bonchev–Trinajstić information content (AvgIpc) is 2.90. The van der Waals surface area contributed by atoms with Crippen LogP contribution in [0.2, 0.25) is 0 Å². The van der Waals surface area contributed by atoms with E-state index in [1.807, 2.05) is 56.2 Å². The van der Waals surface area contributed by atoms with Crippen LogP contribution in [-0.2, 0) is 7.05 Å². The predicted molar refractivity (Wildman–Crippen MR) is 88.9 cm³/mol. The summed E-state index contributed by atoms with van der Waals surface area (Å²) in [7, 11) is 5.54. The highest BCUT2D eigenvalue weighted by Crippen LogP contribution is 2.25. The van der Waals surface area contributed by atoms with Gasteiger partial charge in [-0.25, -0.2) is 4.79 Å². The molecule has 7 heteroatoms. The van der Waals surface area contributed by atoms with Crippen LogP contribution < -0.4 is 15.0 Å². The Kier molecular flexibility index (Phi) is 3.84. The van der Waals surface area contributed by atoms with Gasteiger partial charge in [-0.15, -0.1) is 0 Å². The number of hydrogen-bond donors (Lipinski definition) is 1.